The Balaban J connectivity index is 1.53. The molecule has 0 radical (unpaired) electrons. The van der Waals surface area contributed by atoms with Crippen LogP contribution in [-0.2, 0) is 16.8 Å². The molecule has 4 aromatic rings. The first-order valence-electron chi connectivity index (χ1n) is 12.3. The van der Waals surface area contributed by atoms with Crippen LogP contribution < -0.4 is 4.90 Å². The number of hydrogen-bond donors (Lipinski definition) is 0. The average molecular weight is 557 g/mol. The lowest BCUT2D eigenvalue weighted by atomic mass is 9.85. The Morgan fingerprint density at radius 1 is 0.868 bits per heavy atom. The number of amides is 3. The molecule has 3 amide bonds. The lowest BCUT2D eigenvalue weighted by Gasteiger charge is -2.45. The van der Waals surface area contributed by atoms with E-state index >= 15 is 0 Å². The summed E-state index contributed by atoms with van der Waals surface area (Å²) in [5.41, 5.74) is 4.42. The van der Waals surface area contributed by atoms with Gasteiger partial charge in [-0.2, -0.15) is 0 Å². The molecule has 8 heteroatoms. The van der Waals surface area contributed by atoms with Crippen molar-refractivity contribution >= 4 is 56.3 Å². The Morgan fingerprint density at radius 2 is 1.47 bits per heavy atom. The molecule has 0 N–H and O–H groups in total. The molecule has 2 aliphatic rings. The highest BCUT2D eigenvalue weighted by Crippen LogP contribution is 2.53. The van der Waals surface area contributed by atoms with Crippen molar-refractivity contribution in [2.75, 3.05) is 4.90 Å². The molecule has 3 heterocycles. The molecule has 0 spiro atoms. The second-order valence-electron chi connectivity index (χ2n) is 10.1. The molecule has 3 aromatic carbocycles. The zero-order valence-electron chi connectivity index (χ0n) is 21.1. The Morgan fingerprint density at radius 3 is 2.13 bits per heavy atom. The number of rotatable bonds is 4. The van der Waals surface area contributed by atoms with Crippen molar-refractivity contribution in [1.29, 1.82) is 0 Å². The van der Waals surface area contributed by atoms with Crippen LogP contribution in [0.3, 0.4) is 0 Å². The Labute approximate surface area is 233 Å². The highest BCUT2D eigenvalue weighted by atomic mass is 32.9. The molecule has 6 rings (SSSR count). The third-order valence-corrected chi connectivity index (χ3v) is 10.7. The number of carbonyl (C=O) groups excluding carboxylic acids is 3. The smallest absolute Gasteiger partial charge is 0.262 e. The molecule has 0 aliphatic carbocycles. The zero-order chi connectivity index (χ0) is 26.8. The van der Waals surface area contributed by atoms with E-state index in [2.05, 4.69) is 0 Å². The fourth-order valence-electron chi connectivity index (χ4n) is 5.59. The summed E-state index contributed by atoms with van der Waals surface area (Å²) in [5, 5.41) is 0. The summed E-state index contributed by atoms with van der Waals surface area (Å²) in [5.74, 6) is -1.17. The number of fused-ring (bicyclic) bond motifs is 4. The first-order valence-corrected chi connectivity index (χ1v) is 14.9. The van der Waals surface area contributed by atoms with Crippen LogP contribution in [0.25, 0.3) is 11.1 Å². The van der Waals surface area contributed by atoms with Crippen molar-refractivity contribution in [2.45, 2.75) is 38.8 Å². The number of anilines is 1. The summed E-state index contributed by atoms with van der Waals surface area (Å²) in [4.78, 5) is 46.1. The van der Waals surface area contributed by atoms with E-state index in [1.165, 1.54) is 15.2 Å². The minimum absolute atomic E-state index is 0.213. The van der Waals surface area contributed by atoms with E-state index in [0.29, 0.717) is 11.1 Å². The summed E-state index contributed by atoms with van der Waals surface area (Å²) in [6.45, 7) is 6.01. The molecular formula is C30H24N2O3S3. The predicted octanol–water partition coefficient (Wildman–Crippen LogP) is 7.00. The van der Waals surface area contributed by atoms with Crippen LogP contribution in [0.5, 0.6) is 0 Å². The third-order valence-electron chi connectivity index (χ3n) is 7.39. The monoisotopic (exact) mass is 556 g/mol. The normalized spacial score (nSPS) is 16.2. The Bertz CT molecular complexity index is 1650. The Hall–Kier alpha value is -3.46. The minimum Gasteiger partial charge on any atom is -0.299 e. The van der Waals surface area contributed by atoms with Gasteiger partial charge in [0.1, 0.15) is 9.87 Å². The summed E-state index contributed by atoms with van der Waals surface area (Å²) in [6, 6.07) is 21.2. The lowest BCUT2D eigenvalue weighted by molar-refractivity contribution is -0.123. The molecule has 0 saturated carbocycles. The summed E-state index contributed by atoms with van der Waals surface area (Å²) < 4.78 is 0.804. The number of nitrogens with zero attached hydrogens (tertiary/aromatic N) is 2. The van der Waals surface area contributed by atoms with Gasteiger partial charge < -0.3 is 0 Å². The third kappa shape index (κ3) is 3.62. The van der Waals surface area contributed by atoms with Gasteiger partial charge in [0.15, 0.2) is 0 Å². The van der Waals surface area contributed by atoms with Crippen LogP contribution in [0, 0.1) is 10.7 Å². The molecule has 190 valence electrons. The van der Waals surface area contributed by atoms with Crippen molar-refractivity contribution in [3.8, 4) is 11.1 Å². The largest absolute Gasteiger partial charge is 0.299 e. The second-order valence-corrected chi connectivity index (χ2v) is 12.9. The highest BCUT2D eigenvalue weighted by molar-refractivity contribution is 7.80. The van der Waals surface area contributed by atoms with Gasteiger partial charge in [0.2, 0.25) is 0 Å². The van der Waals surface area contributed by atoms with Crippen molar-refractivity contribution in [3.05, 3.63) is 104 Å². The van der Waals surface area contributed by atoms with Crippen LogP contribution in [0.1, 0.15) is 50.6 Å². The summed E-state index contributed by atoms with van der Waals surface area (Å²) >= 11 is 5.72. The molecule has 0 fully saturated rings. The Kier molecular flexibility index (Phi) is 5.94. The van der Waals surface area contributed by atoms with E-state index < -0.39 is 23.4 Å². The standard InChI is InChI=1S/C30H24N2O3S3/c1-17-10-9-15-21-23-25(37-38-29(23)36)30(2,3)32(24(17)21)28(35)22(16-18-11-5-4-6-12-18)31-26(33)19-13-7-8-14-20(19)27(31)34/h4-15,22H,16H2,1-3H3. The molecule has 1 atom stereocenters. The van der Waals surface area contributed by atoms with E-state index in [0.717, 1.165) is 36.6 Å². The number of carbonyl (C=O) groups is 3. The van der Waals surface area contributed by atoms with Gasteiger partial charge in [0.05, 0.1) is 27.2 Å². The number of hydrogen-bond acceptors (Lipinski definition) is 6. The fourth-order valence-corrected chi connectivity index (χ4v) is 8.87. The van der Waals surface area contributed by atoms with Crippen LogP contribution in [-0.4, -0.2) is 28.7 Å². The summed E-state index contributed by atoms with van der Waals surface area (Å²) in [6.07, 6.45) is 0.213. The van der Waals surface area contributed by atoms with E-state index in [-0.39, 0.29) is 12.3 Å². The predicted molar refractivity (Wildman–Crippen MR) is 155 cm³/mol. The van der Waals surface area contributed by atoms with Gasteiger partial charge in [-0.05, 0) is 44.0 Å². The van der Waals surface area contributed by atoms with Crippen LogP contribution in [0.4, 0.5) is 5.69 Å². The van der Waals surface area contributed by atoms with E-state index in [4.69, 9.17) is 12.2 Å². The maximum Gasteiger partial charge on any atom is 0.262 e. The van der Waals surface area contributed by atoms with Crippen molar-refractivity contribution in [3.63, 3.8) is 0 Å². The van der Waals surface area contributed by atoms with Gasteiger partial charge in [-0.15, -0.1) is 0 Å². The van der Waals surface area contributed by atoms with Gasteiger partial charge in [0, 0.05) is 17.5 Å². The number of para-hydroxylation sites is 1. The fraction of sp³-hybridized carbons (Fsp3) is 0.200. The molecular weight excluding hydrogens is 533 g/mol. The molecule has 0 bridgehead atoms. The molecule has 38 heavy (non-hydrogen) atoms. The maximum atomic E-state index is 14.8. The molecule has 2 aliphatic heterocycles. The van der Waals surface area contributed by atoms with Crippen LogP contribution in [0.15, 0.2) is 72.8 Å². The zero-order valence-corrected chi connectivity index (χ0v) is 23.5. The average Bonchev–Trinajstić information content (AvgIpc) is 3.42. The number of imide groups is 1. The molecule has 1 unspecified atom stereocenters. The highest BCUT2D eigenvalue weighted by Gasteiger charge is 2.49. The second kappa shape index (κ2) is 9.08. The first kappa shape index (κ1) is 24.9. The lowest BCUT2D eigenvalue weighted by Crippen LogP contribution is -2.57. The van der Waals surface area contributed by atoms with Crippen molar-refractivity contribution < 1.29 is 14.4 Å². The van der Waals surface area contributed by atoms with Crippen molar-refractivity contribution in [1.82, 2.24) is 4.90 Å². The molecule has 0 saturated heterocycles. The molecule has 1 aromatic heterocycles. The minimum atomic E-state index is -1.02. The van der Waals surface area contributed by atoms with Gasteiger partial charge in [-0.1, -0.05) is 93.6 Å². The van der Waals surface area contributed by atoms with Gasteiger partial charge in [-0.25, -0.2) is 0 Å². The van der Waals surface area contributed by atoms with Gasteiger partial charge in [0.25, 0.3) is 17.7 Å². The number of benzene rings is 3. The first-order chi connectivity index (χ1) is 18.2. The van der Waals surface area contributed by atoms with Crippen LogP contribution >= 0.6 is 32.9 Å². The summed E-state index contributed by atoms with van der Waals surface area (Å²) in [7, 11) is 3.12. The number of aryl methyl sites for hydroxylation is 1. The SMILES string of the molecule is Cc1cccc2c1N(C(=O)C(Cc1ccccc1)N1C(=O)c3ccccc3C1=O)C(C)(C)c1ssc(=S)c1-2. The quantitative estimate of drug-likeness (QED) is 0.154. The van der Waals surface area contributed by atoms with Gasteiger partial charge >= 0.3 is 0 Å². The van der Waals surface area contributed by atoms with E-state index in [1.807, 2.05) is 69.3 Å². The van der Waals surface area contributed by atoms with E-state index in [9.17, 15) is 14.4 Å². The van der Waals surface area contributed by atoms with E-state index in [1.54, 1.807) is 39.5 Å². The van der Waals surface area contributed by atoms with Gasteiger partial charge in [-0.3, -0.25) is 24.2 Å². The topological polar surface area (TPSA) is 57.7 Å². The van der Waals surface area contributed by atoms with Crippen LogP contribution in [0.2, 0.25) is 0 Å². The molecule has 5 nitrogen and oxygen atoms in total. The maximum absolute atomic E-state index is 14.8. The van der Waals surface area contributed by atoms with Crippen molar-refractivity contribution in [2.24, 2.45) is 0 Å².